The summed E-state index contributed by atoms with van der Waals surface area (Å²) in [5.41, 5.74) is 4.11. The molecule has 21 heavy (non-hydrogen) atoms. The molecule has 108 valence electrons. The van der Waals surface area contributed by atoms with Crippen molar-refractivity contribution in [2.75, 3.05) is 7.11 Å². The summed E-state index contributed by atoms with van der Waals surface area (Å²) < 4.78 is 11.2. The van der Waals surface area contributed by atoms with E-state index in [1.807, 2.05) is 12.1 Å². The predicted molar refractivity (Wildman–Crippen MR) is 81.2 cm³/mol. The Morgan fingerprint density at radius 2 is 1.90 bits per heavy atom. The lowest BCUT2D eigenvalue weighted by atomic mass is 9.94. The number of carbonyl (C=O) groups is 1. The molecule has 0 saturated heterocycles. The molecule has 0 aromatic heterocycles. The molecular weight excluding hydrogens is 264 g/mol. The number of carbonyl (C=O) groups excluding carboxylic acids is 1. The third-order valence-corrected chi connectivity index (χ3v) is 4.03. The second kappa shape index (κ2) is 5.24. The number of ether oxygens (including phenoxy) is 2. The van der Waals surface area contributed by atoms with Gasteiger partial charge in [-0.15, -0.1) is 0 Å². The Bertz CT molecular complexity index is 704. The molecule has 0 radical (unpaired) electrons. The second-order valence-electron chi connectivity index (χ2n) is 5.44. The van der Waals surface area contributed by atoms with E-state index in [2.05, 4.69) is 26.0 Å². The fourth-order valence-corrected chi connectivity index (χ4v) is 2.58. The van der Waals surface area contributed by atoms with Gasteiger partial charge in [-0.05, 0) is 48.7 Å². The zero-order chi connectivity index (χ0) is 15.0. The van der Waals surface area contributed by atoms with Crippen LogP contribution < -0.4 is 9.47 Å². The second-order valence-corrected chi connectivity index (χ2v) is 5.44. The van der Waals surface area contributed by atoms with Gasteiger partial charge in [-0.2, -0.15) is 0 Å². The first kappa shape index (κ1) is 13.7. The largest absolute Gasteiger partial charge is 0.497 e. The van der Waals surface area contributed by atoms with E-state index < -0.39 is 0 Å². The monoisotopic (exact) mass is 282 g/mol. The summed E-state index contributed by atoms with van der Waals surface area (Å²) in [6.45, 7) is 4.15. The maximum atomic E-state index is 12.4. The molecule has 0 fully saturated rings. The van der Waals surface area contributed by atoms with Crippen LogP contribution in [0.1, 0.15) is 39.6 Å². The van der Waals surface area contributed by atoms with Crippen LogP contribution in [0.25, 0.3) is 0 Å². The van der Waals surface area contributed by atoms with Crippen LogP contribution in [0.5, 0.6) is 11.5 Å². The molecule has 1 aliphatic heterocycles. The van der Waals surface area contributed by atoms with Crippen molar-refractivity contribution in [3.8, 4) is 11.5 Å². The van der Waals surface area contributed by atoms with Gasteiger partial charge >= 0.3 is 0 Å². The summed E-state index contributed by atoms with van der Waals surface area (Å²) in [6.07, 6.45) is 0.153. The van der Waals surface area contributed by atoms with E-state index >= 15 is 0 Å². The topological polar surface area (TPSA) is 35.5 Å². The van der Waals surface area contributed by atoms with E-state index in [0.717, 1.165) is 5.56 Å². The molecule has 0 amide bonds. The number of benzene rings is 2. The minimum Gasteiger partial charge on any atom is -0.497 e. The number of hydrogen-bond donors (Lipinski definition) is 0. The molecule has 1 aliphatic rings. The van der Waals surface area contributed by atoms with Crippen LogP contribution in [-0.2, 0) is 0 Å². The molecule has 0 bridgehead atoms. The number of aryl methyl sites for hydroxylation is 2. The number of Topliss-reactive ketones (excluding diaryl/α,β-unsaturated/α-hetero) is 1. The first-order chi connectivity index (χ1) is 10.1. The lowest BCUT2D eigenvalue weighted by Crippen LogP contribution is -2.20. The molecule has 2 aromatic carbocycles. The van der Waals surface area contributed by atoms with Crippen molar-refractivity contribution in [3.63, 3.8) is 0 Å². The lowest BCUT2D eigenvalue weighted by Gasteiger charge is -2.26. The molecule has 0 N–H and O–H groups in total. The third-order valence-electron chi connectivity index (χ3n) is 4.03. The van der Waals surface area contributed by atoms with Crippen molar-refractivity contribution in [3.05, 3.63) is 58.7 Å². The Labute approximate surface area is 124 Å². The molecule has 1 unspecified atom stereocenters. The van der Waals surface area contributed by atoms with Crippen molar-refractivity contribution in [2.45, 2.75) is 26.4 Å². The maximum Gasteiger partial charge on any atom is 0.170 e. The first-order valence-electron chi connectivity index (χ1n) is 7.03. The van der Waals surface area contributed by atoms with Gasteiger partial charge in [0.1, 0.15) is 17.6 Å². The molecule has 0 spiro atoms. The van der Waals surface area contributed by atoms with Crippen LogP contribution in [0.2, 0.25) is 0 Å². The first-order valence-corrected chi connectivity index (χ1v) is 7.03. The summed E-state index contributed by atoms with van der Waals surface area (Å²) in [7, 11) is 1.59. The summed E-state index contributed by atoms with van der Waals surface area (Å²) in [4.78, 5) is 12.4. The van der Waals surface area contributed by atoms with Gasteiger partial charge in [-0.25, -0.2) is 0 Å². The Morgan fingerprint density at radius 1 is 1.10 bits per heavy atom. The van der Waals surface area contributed by atoms with Crippen molar-refractivity contribution < 1.29 is 14.3 Å². The van der Waals surface area contributed by atoms with Crippen LogP contribution in [-0.4, -0.2) is 12.9 Å². The smallest absolute Gasteiger partial charge is 0.170 e. The normalized spacial score (nSPS) is 17.1. The number of methoxy groups -OCH3 is 1. The van der Waals surface area contributed by atoms with Crippen molar-refractivity contribution >= 4 is 5.78 Å². The predicted octanol–water partition coefficient (Wildman–Crippen LogP) is 4.02. The number of rotatable bonds is 2. The molecule has 3 nitrogen and oxygen atoms in total. The third kappa shape index (κ3) is 2.51. The highest BCUT2D eigenvalue weighted by molar-refractivity contribution is 6.00. The van der Waals surface area contributed by atoms with Gasteiger partial charge in [-0.1, -0.05) is 18.2 Å². The minimum atomic E-state index is -0.210. The zero-order valence-corrected chi connectivity index (χ0v) is 12.5. The van der Waals surface area contributed by atoms with Crippen LogP contribution in [0, 0.1) is 13.8 Å². The number of fused-ring (bicyclic) bond motifs is 1. The molecule has 1 atom stereocenters. The lowest BCUT2D eigenvalue weighted by molar-refractivity contribution is 0.0849. The molecular formula is C18H18O3. The molecule has 2 aromatic rings. The van der Waals surface area contributed by atoms with Gasteiger partial charge in [0.15, 0.2) is 5.78 Å². The van der Waals surface area contributed by atoms with E-state index in [9.17, 15) is 4.79 Å². The van der Waals surface area contributed by atoms with Crippen molar-refractivity contribution in [1.29, 1.82) is 0 Å². The highest BCUT2D eigenvalue weighted by Gasteiger charge is 2.28. The molecule has 3 heteroatoms. The van der Waals surface area contributed by atoms with Crippen LogP contribution >= 0.6 is 0 Å². The molecule has 0 aliphatic carbocycles. The van der Waals surface area contributed by atoms with Crippen molar-refractivity contribution in [1.82, 2.24) is 0 Å². The van der Waals surface area contributed by atoms with E-state index in [1.54, 1.807) is 19.2 Å². The number of hydrogen-bond acceptors (Lipinski definition) is 3. The Balaban J connectivity index is 1.94. The average molecular weight is 282 g/mol. The number of ketones is 1. The summed E-state index contributed by atoms with van der Waals surface area (Å²) in [6, 6.07) is 11.6. The zero-order valence-electron chi connectivity index (χ0n) is 12.5. The van der Waals surface area contributed by atoms with E-state index in [1.165, 1.54) is 11.1 Å². The van der Waals surface area contributed by atoms with Crippen LogP contribution in [0.15, 0.2) is 36.4 Å². The summed E-state index contributed by atoms with van der Waals surface area (Å²) in [5.74, 6) is 1.41. The highest BCUT2D eigenvalue weighted by atomic mass is 16.5. The molecule has 0 saturated carbocycles. The maximum absolute atomic E-state index is 12.4. The fourth-order valence-electron chi connectivity index (χ4n) is 2.58. The fraction of sp³-hybridized carbons (Fsp3) is 0.278. The quantitative estimate of drug-likeness (QED) is 0.834. The SMILES string of the molecule is COc1ccc2c(c1)C(=O)CC(c1ccc(C)c(C)c1)O2. The molecule has 3 rings (SSSR count). The van der Waals surface area contributed by atoms with Gasteiger partial charge in [0.2, 0.25) is 0 Å². The Kier molecular flexibility index (Phi) is 3.42. The van der Waals surface area contributed by atoms with E-state index in [4.69, 9.17) is 9.47 Å². The van der Waals surface area contributed by atoms with E-state index in [-0.39, 0.29) is 11.9 Å². The van der Waals surface area contributed by atoms with E-state index in [0.29, 0.717) is 23.5 Å². The highest BCUT2D eigenvalue weighted by Crippen LogP contribution is 2.37. The van der Waals surface area contributed by atoms with Gasteiger partial charge in [-0.3, -0.25) is 4.79 Å². The minimum absolute atomic E-state index is 0.0957. The average Bonchev–Trinajstić information content (AvgIpc) is 2.49. The van der Waals surface area contributed by atoms with Crippen LogP contribution in [0.3, 0.4) is 0 Å². The Morgan fingerprint density at radius 3 is 2.62 bits per heavy atom. The van der Waals surface area contributed by atoms with Crippen molar-refractivity contribution in [2.24, 2.45) is 0 Å². The van der Waals surface area contributed by atoms with Gasteiger partial charge in [0.05, 0.1) is 19.1 Å². The summed E-state index contributed by atoms with van der Waals surface area (Å²) >= 11 is 0. The van der Waals surface area contributed by atoms with Gasteiger partial charge < -0.3 is 9.47 Å². The Hall–Kier alpha value is -2.29. The standard InChI is InChI=1S/C18H18O3/c1-11-4-5-13(8-12(11)2)18-10-16(19)15-9-14(20-3)6-7-17(15)21-18/h4-9,18H,10H2,1-3H3. The van der Waals surface area contributed by atoms with Crippen LogP contribution in [0.4, 0.5) is 0 Å². The summed E-state index contributed by atoms with van der Waals surface area (Å²) in [5, 5.41) is 0. The molecule has 1 heterocycles. The van der Waals surface area contributed by atoms with Gasteiger partial charge in [0, 0.05) is 0 Å². The van der Waals surface area contributed by atoms with Gasteiger partial charge in [0.25, 0.3) is 0 Å².